The third-order valence-corrected chi connectivity index (χ3v) is 19.3. The number of ether oxygens (including phenoxy) is 4. The second-order valence-corrected chi connectivity index (χ2v) is 27.5. The van der Waals surface area contributed by atoms with Crippen molar-refractivity contribution >= 4 is 110 Å². The van der Waals surface area contributed by atoms with Crippen molar-refractivity contribution in [3.63, 3.8) is 0 Å². The van der Waals surface area contributed by atoms with E-state index < -0.39 is 5.76 Å². The molecule has 26 rings (SSSR count). The minimum absolute atomic E-state index is 0.302. The maximum Gasteiger partial charge on any atom is 0.417 e. The van der Waals surface area contributed by atoms with Gasteiger partial charge < -0.3 is 51.9 Å². The summed E-state index contributed by atoms with van der Waals surface area (Å²) in [5.41, 5.74) is 20.5. The monoisotopic (exact) mass is 2010 g/mol. The van der Waals surface area contributed by atoms with Gasteiger partial charge in [-0.3, -0.25) is 9.97 Å². The van der Waals surface area contributed by atoms with Crippen molar-refractivity contribution in [3.8, 4) is 23.0 Å². The number of fused-ring (bicyclic) bond motifs is 13. The number of pyridine rings is 1. The van der Waals surface area contributed by atoms with Gasteiger partial charge in [0.05, 0.1) is 92.3 Å². The molecule has 8 aromatic heterocycles. The maximum atomic E-state index is 10.7. The fourth-order valence-corrected chi connectivity index (χ4v) is 13.2. The summed E-state index contributed by atoms with van der Waals surface area (Å²) < 4.78 is 41.7. The van der Waals surface area contributed by atoms with Crippen molar-refractivity contribution in [1.29, 1.82) is 0 Å². The highest BCUT2D eigenvalue weighted by Gasteiger charge is 2.12. The minimum Gasteiger partial charge on any atom is -0.493 e. The first kappa shape index (κ1) is 129. The third-order valence-electron chi connectivity index (χ3n) is 18.5. The minimum atomic E-state index is -0.402. The van der Waals surface area contributed by atoms with Crippen LogP contribution < -0.4 is 35.6 Å². The van der Waals surface area contributed by atoms with E-state index in [1.807, 2.05) is 453 Å². The quantitative estimate of drug-likeness (QED) is 0.103. The Labute approximate surface area is 877 Å². The fraction of sp³-hybridized carbons (Fsp3) is 0.272. The Morgan fingerprint density at radius 2 is 0.755 bits per heavy atom. The van der Waals surface area contributed by atoms with Gasteiger partial charge >= 0.3 is 11.4 Å². The molecule has 0 saturated carbocycles. The van der Waals surface area contributed by atoms with E-state index in [1.54, 1.807) is 65.6 Å². The van der Waals surface area contributed by atoms with Crippen LogP contribution in [0.15, 0.2) is 420 Å². The Morgan fingerprint density at radius 1 is 0.306 bits per heavy atom. The molecule has 4 N–H and O–H groups in total. The molecule has 1 aliphatic carbocycles. The number of hydrogen-bond donors (Lipinski definition) is 4. The van der Waals surface area contributed by atoms with E-state index in [1.165, 1.54) is 52.9 Å². The number of azo groups is 1. The average Bonchev–Trinajstić information content (AvgIpc) is 1.70. The Hall–Kier alpha value is -15.8. The molecule has 13 aromatic carbocycles. The number of hydrogen-bond acceptors (Lipinski definition) is 19. The summed E-state index contributed by atoms with van der Waals surface area (Å²) in [5.74, 6) is 3.31. The molecule has 21 nitrogen and oxygen atoms in total. The van der Waals surface area contributed by atoms with E-state index in [-0.39, 0.29) is 5.63 Å². The van der Waals surface area contributed by atoms with E-state index in [0.717, 1.165) is 120 Å². The highest BCUT2D eigenvalue weighted by molar-refractivity contribution is 7.16. The van der Waals surface area contributed by atoms with E-state index in [4.69, 9.17) is 36.6 Å². The molecule has 21 aromatic rings. The topological polar surface area (TPSA) is 272 Å². The molecule has 0 spiro atoms. The number of para-hydroxylation sites is 17. The first-order chi connectivity index (χ1) is 72.8. The second-order valence-electron chi connectivity index (χ2n) is 26.6. The molecule has 0 radical (unpaired) electrons. The molecule has 22 heteroatoms. The number of oxazole rings is 2. The molecule has 0 bridgehead atoms. The number of aromatic amines is 3. The predicted molar refractivity (Wildman–Crippen MR) is 628 cm³/mol. The second kappa shape index (κ2) is 85.7. The maximum absolute atomic E-state index is 10.7. The van der Waals surface area contributed by atoms with Crippen molar-refractivity contribution in [3.05, 3.63) is 426 Å². The fourth-order valence-electron chi connectivity index (χ4n) is 12.5. The van der Waals surface area contributed by atoms with Crippen LogP contribution in [-0.4, -0.2) is 60.0 Å². The van der Waals surface area contributed by atoms with Gasteiger partial charge in [-0.2, -0.15) is 10.2 Å². The molecule has 12 heterocycles. The number of nitrogens with zero attached hydrogens (tertiary/aromatic N) is 7. The van der Waals surface area contributed by atoms with Gasteiger partial charge in [-0.15, -0.1) is 11.3 Å². The van der Waals surface area contributed by atoms with Gasteiger partial charge in [0.1, 0.15) is 28.2 Å². The van der Waals surface area contributed by atoms with Crippen LogP contribution >= 0.6 is 11.3 Å². The van der Waals surface area contributed by atoms with E-state index in [2.05, 4.69) is 110 Å². The third kappa shape index (κ3) is 48.0. The van der Waals surface area contributed by atoms with Crippen molar-refractivity contribution in [2.45, 2.75) is 212 Å². The van der Waals surface area contributed by atoms with Gasteiger partial charge in [0, 0.05) is 40.4 Å². The molecule has 5 aliphatic rings. The zero-order valence-corrected chi connectivity index (χ0v) is 92.5. The predicted octanol–water partition coefficient (Wildman–Crippen LogP) is 37.1. The summed E-state index contributed by atoms with van der Waals surface area (Å²) in [5, 5.41) is 14.2. The number of aryl methyl sites for hydroxylation is 2. The van der Waals surface area contributed by atoms with Crippen LogP contribution in [-0.2, 0) is 25.8 Å². The molecule has 147 heavy (non-hydrogen) atoms. The van der Waals surface area contributed by atoms with Crippen LogP contribution in [0.25, 0.3) is 87.3 Å². The van der Waals surface area contributed by atoms with Crippen LogP contribution in [0, 0.1) is 0 Å². The first-order valence-corrected chi connectivity index (χ1v) is 52.9. The number of rotatable bonds is 0. The van der Waals surface area contributed by atoms with Crippen molar-refractivity contribution in [2.24, 2.45) is 10.2 Å². The number of H-pyrrole nitrogens is 3. The van der Waals surface area contributed by atoms with Gasteiger partial charge in [-0.1, -0.05) is 386 Å². The largest absolute Gasteiger partial charge is 0.493 e. The van der Waals surface area contributed by atoms with Crippen LogP contribution in [0.4, 0.5) is 11.4 Å². The van der Waals surface area contributed by atoms with E-state index in [9.17, 15) is 9.59 Å². The number of thiazole rings is 1. The summed E-state index contributed by atoms with van der Waals surface area (Å²) in [4.78, 5) is 50.2. The zero-order valence-electron chi connectivity index (χ0n) is 91.7. The van der Waals surface area contributed by atoms with Gasteiger partial charge in [-0.25, -0.2) is 29.5 Å². The Bertz CT molecular complexity index is 5960. The Balaban J connectivity index is 0.000000781. The van der Waals surface area contributed by atoms with Gasteiger partial charge in [0.15, 0.2) is 35.8 Å². The summed E-state index contributed by atoms with van der Waals surface area (Å²) in [6.45, 7) is 54.6. The molecule has 782 valence electrons. The lowest BCUT2D eigenvalue weighted by Gasteiger charge is -1.93. The smallest absolute Gasteiger partial charge is 0.417 e. The lowest BCUT2D eigenvalue weighted by Crippen LogP contribution is -1.96. The van der Waals surface area contributed by atoms with Crippen molar-refractivity contribution < 1.29 is 36.6 Å². The summed E-state index contributed by atoms with van der Waals surface area (Å²) >= 11 is 1.68. The standard InChI is InChI=1S/C9H7N.C9H6O2.C9H10.C8H8O.C8H6O.3C7H6N2.C7H5NO2.C7H7NO.C7H5NO.C7H5NS.C7H6O2.13C2H6/c1-2-6-9-8(4-1)5-3-7-10-9;10-9-6-5-7-3-1-2-4-8(7)11-9;1-2-5-9-7-3-6-8(9)4-1;2*1-2-4-8-7(3-1)5-6-9-8;2*1-2-4-7-6(3-1)8-5-9-7;1-2-4-7-6(3-1)5-8-9-7;9-7-8-5-3-1-2-4-6(5)10-7;4*1-2-4-7-6(3-1)8-5-9-7;13*1-2/h1-7H;1-6H;1-2,4-5H,3,6-7H2;1-4H,5-6H2;1-6H;2*1-5H,(H,8,9);1-4H,5H2;1-4H,(H,8,9);1-4,8H,5H2;2*1-5H;1-4H,5H2;13*1-2H3. The molecule has 0 saturated heterocycles. The van der Waals surface area contributed by atoms with Crippen LogP contribution in [0.1, 0.15) is 209 Å². The highest BCUT2D eigenvalue weighted by Crippen LogP contribution is 2.31. The molecule has 0 atom stereocenters. The Kier molecular flexibility index (Phi) is 75.4. The lowest BCUT2D eigenvalue weighted by atomic mass is 10.1. The van der Waals surface area contributed by atoms with E-state index in [0.29, 0.717) is 24.7 Å². The first-order valence-electron chi connectivity index (χ1n) is 52.0. The molecule has 0 amide bonds. The van der Waals surface area contributed by atoms with Crippen LogP contribution in [0.2, 0.25) is 0 Å². The number of anilines is 1. The summed E-state index contributed by atoms with van der Waals surface area (Å²) in [7, 11) is 0. The number of benzene rings is 13. The molecule has 4 aliphatic heterocycles. The summed E-state index contributed by atoms with van der Waals surface area (Å²) in [6.07, 6.45) is 13.4. The molecular weight excluding hydrogens is 1850 g/mol. The molecular formula is C125H161N11O10S. The number of furan rings is 1. The van der Waals surface area contributed by atoms with E-state index >= 15 is 0 Å². The lowest BCUT2D eigenvalue weighted by molar-refractivity contribution is 0.174. The normalized spacial score (nSPS) is 10.2. The number of imidazole rings is 2. The summed E-state index contributed by atoms with van der Waals surface area (Å²) in [6, 6.07) is 112. The SMILES string of the molecule is CC.CC.CC.CC.CC.CC.CC.CC.CC.CC.CC.CC.CC.O=c1[nH]c2ccccc2o1.O=c1ccc2ccccc2o1.c1ccc2[nH]cnc2c1.c1ccc2[nH]cnc2c1.c1ccc2c(c1)CCC2.c1ccc2c(c1)CCO2.c1ccc2c(c1)CN=N2.c1ccc2c(c1)NCO2.c1ccc2c(c1)OCO2.c1ccc2ncccc2c1.c1ccc2occc2c1.c1ccc2ocnc2c1.c1ccc2scnc2c1. The van der Waals surface area contributed by atoms with Gasteiger partial charge in [-0.05, 0) is 169 Å². The molecule has 0 unspecified atom stereocenters. The molecule has 0 fully saturated rings. The van der Waals surface area contributed by atoms with Crippen LogP contribution in [0.5, 0.6) is 23.0 Å². The van der Waals surface area contributed by atoms with Crippen molar-refractivity contribution in [1.82, 2.24) is 39.9 Å². The zero-order chi connectivity index (χ0) is 109. The van der Waals surface area contributed by atoms with Crippen LogP contribution in [0.3, 0.4) is 0 Å². The number of aromatic nitrogens is 8. The van der Waals surface area contributed by atoms with Gasteiger partial charge in [0.25, 0.3) is 0 Å². The number of nitrogens with one attached hydrogen (secondary N) is 4. The van der Waals surface area contributed by atoms with Gasteiger partial charge in [0.2, 0.25) is 6.79 Å². The van der Waals surface area contributed by atoms with Crippen molar-refractivity contribution in [2.75, 3.05) is 25.4 Å². The average molecular weight is 2010 g/mol. The Morgan fingerprint density at radius 3 is 1.29 bits per heavy atom. The highest BCUT2D eigenvalue weighted by atomic mass is 32.1.